The zero-order valence-electron chi connectivity index (χ0n) is 7.78. The molecule has 0 unspecified atom stereocenters. The number of rotatable bonds is 1. The molecule has 1 aromatic heterocycles. The summed E-state index contributed by atoms with van der Waals surface area (Å²) in [6.07, 6.45) is 3.78. The summed E-state index contributed by atoms with van der Waals surface area (Å²) >= 11 is 0. The van der Waals surface area contributed by atoms with E-state index in [4.69, 9.17) is 4.74 Å². The van der Waals surface area contributed by atoms with Crippen molar-refractivity contribution in [2.75, 3.05) is 7.11 Å². The molecule has 2 heterocycles. The van der Waals surface area contributed by atoms with Crippen molar-refractivity contribution in [3.63, 3.8) is 0 Å². The van der Waals surface area contributed by atoms with E-state index < -0.39 is 0 Å². The molecular weight excluding hydrogens is 180 g/mol. The van der Waals surface area contributed by atoms with Crippen molar-refractivity contribution in [3.05, 3.63) is 41.5 Å². The number of ether oxygens (including phenoxy) is 1. The molecule has 0 aromatic carbocycles. The van der Waals surface area contributed by atoms with E-state index in [9.17, 15) is 4.79 Å². The van der Waals surface area contributed by atoms with Gasteiger partial charge in [-0.3, -0.25) is 9.78 Å². The Morgan fingerprint density at radius 1 is 1.57 bits per heavy atom. The highest BCUT2D eigenvalue weighted by Gasteiger charge is 2.16. The van der Waals surface area contributed by atoms with Crippen LogP contribution in [0.15, 0.2) is 30.3 Å². The minimum Gasteiger partial charge on any atom is -0.499 e. The summed E-state index contributed by atoms with van der Waals surface area (Å²) in [6, 6.07) is 3.69. The molecule has 0 spiro atoms. The Morgan fingerprint density at radius 2 is 2.43 bits per heavy atom. The van der Waals surface area contributed by atoms with Crippen molar-refractivity contribution < 1.29 is 9.53 Å². The SMILES string of the molecule is COC1=CNC(=O)c2ncccc2C1. The number of aromatic nitrogens is 1. The smallest absolute Gasteiger partial charge is 0.274 e. The second kappa shape index (κ2) is 3.49. The van der Waals surface area contributed by atoms with Gasteiger partial charge in [0.05, 0.1) is 7.11 Å². The molecule has 0 fully saturated rings. The first-order valence-electron chi connectivity index (χ1n) is 4.29. The van der Waals surface area contributed by atoms with Gasteiger partial charge in [0, 0.05) is 18.8 Å². The van der Waals surface area contributed by atoms with Gasteiger partial charge in [-0.05, 0) is 11.6 Å². The number of carbonyl (C=O) groups is 1. The fourth-order valence-electron chi connectivity index (χ4n) is 1.37. The summed E-state index contributed by atoms with van der Waals surface area (Å²) in [5, 5.41) is 2.61. The molecule has 72 valence electrons. The lowest BCUT2D eigenvalue weighted by Gasteiger charge is -2.03. The van der Waals surface area contributed by atoms with Crippen LogP contribution >= 0.6 is 0 Å². The van der Waals surface area contributed by atoms with Crippen LogP contribution in [-0.2, 0) is 11.2 Å². The van der Waals surface area contributed by atoms with E-state index in [0.29, 0.717) is 12.1 Å². The van der Waals surface area contributed by atoms with E-state index in [1.807, 2.05) is 12.1 Å². The third kappa shape index (κ3) is 1.46. The van der Waals surface area contributed by atoms with Crippen LogP contribution in [0.2, 0.25) is 0 Å². The first-order valence-corrected chi connectivity index (χ1v) is 4.29. The number of carbonyl (C=O) groups excluding carboxylic acids is 1. The Labute approximate surface area is 81.6 Å². The number of allylic oxidation sites excluding steroid dienone is 1. The highest BCUT2D eigenvalue weighted by molar-refractivity contribution is 5.94. The Bertz CT molecular complexity index is 399. The summed E-state index contributed by atoms with van der Waals surface area (Å²) in [7, 11) is 1.58. The van der Waals surface area contributed by atoms with Crippen LogP contribution in [0.5, 0.6) is 0 Å². The first-order chi connectivity index (χ1) is 6.81. The van der Waals surface area contributed by atoms with Gasteiger partial charge in [0.2, 0.25) is 0 Å². The minimum atomic E-state index is -0.187. The van der Waals surface area contributed by atoms with Gasteiger partial charge in [-0.15, -0.1) is 0 Å². The van der Waals surface area contributed by atoms with Crippen LogP contribution in [0.3, 0.4) is 0 Å². The van der Waals surface area contributed by atoms with Crippen LogP contribution in [-0.4, -0.2) is 18.0 Å². The Kier molecular flexibility index (Phi) is 2.18. The average Bonchev–Trinajstić information content (AvgIpc) is 2.39. The van der Waals surface area contributed by atoms with E-state index in [0.717, 1.165) is 11.3 Å². The molecule has 0 radical (unpaired) electrons. The standard InChI is InChI=1S/C10H10N2O2/c1-14-8-5-7-3-2-4-11-9(7)10(13)12-6-8/h2-4,6H,5H2,1H3,(H,12,13). The third-order valence-corrected chi connectivity index (χ3v) is 2.10. The molecular formula is C10H10N2O2. The van der Waals surface area contributed by atoms with Crippen LogP contribution in [0.4, 0.5) is 0 Å². The summed E-state index contributed by atoms with van der Waals surface area (Å²) in [5.41, 5.74) is 1.35. The molecule has 0 aliphatic carbocycles. The molecule has 1 aliphatic heterocycles. The number of pyridine rings is 1. The predicted octanol–water partition coefficient (Wildman–Crippen LogP) is 0.855. The maximum absolute atomic E-state index is 11.5. The lowest BCUT2D eigenvalue weighted by Crippen LogP contribution is -2.18. The zero-order chi connectivity index (χ0) is 9.97. The van der Waals surface area contributed by atoms with Crippen molar-refractivity contribution in [3.8, 4) is 0 Å². The van der Waals surface area contributed by atoms with Gasteiger partial charge in [-0.25, -0.2) is 0 Å². The van der Waals surface area contributed by atoms with Gasteiger partial charge in [0.1, 0.15) is 11.5 Å². The van der Waals surface area contributed by atoms with Crippen LogP contribution < -0.4 is 5.32 Å². The van der Waals surface area contributed by atoms with Gasteiger partial charge in [0.25, 0.3) is 5.91 Å². The van der Waals surface area contributed by atoms with Gasteiger partial charge in [-0.1, -0.05) is 6.07 Å². The second-order valence-electron chi connectivity index (χ2n) is 2.98. The van der Waals surface area contributed by atoms with Crippen molar-refractivity contribution in [1.29, 1.82) is 0 Å². The first kappa shape index (κ1) is 8.74. The molecule has 1 aromatic rings. The molecule has 2 rings (SSSR count). The molecule has 14 heavy (non-hydrogen) atoms. The van der Waals surface area contributed by atoms with Crippen molar-refractivity contribution in [1.82, 2.24) is 10.3 Å². The van der Waals surface area contributed by atoms with Gasteiger partial charge in [-0.2, -0.15) is 0 Å². The third-order valence-electron chi connectivity index (χ3n) is 2.10. The van der Waals surface area contributed by atoms with E-state index in [-0.39, 0.29) is 5.91 Å². The maximum atomic E-state index is 11.5. The molecule has 0 saturated heterocycles. The van der Waals surface area contributed by atoms with E-state index in [2.05, 4.69) is 10.3 Å². The summed E-state index contributed by atoms with van der Waals surface area (Å²) in [6.45, 7) is 0. The number of hydrogen-bond acceptors (Lipinski definition) is 3. The van der Waals surface area contributed by atoms with Crippen molar-refractivity contribution in [2.24, 2.45) is 0 Å². The highest BCUT2D eigenvalue weighted by atomic mass is 16.5. The van der Waals surface area contributed by atoms with Gasteiger partial charge in [0.15, 0.2) is 0 Å². The van der Waals surface area contributed by atoms with Gasteiger partial charge >= 0.3 is 0 Å². The molecule has 1 aliphatic rings. The van der Waals surface area contributed by atoms with Crippen LogP contribution in [0.1, 0.15) is 16.1 Å². The van der Waals surface area contributed by atoms with Gasteiger partial charge < -0.3 is 10.1 Å². The Morgan fingerprint density at radius 3 is 3.21 bits per heavy atom. The molecule has 0 bridgehead atoms. The van der Waals surface area contributed by atoms with E-state index in [1.165, 1.54) is 0 Å². The number of methoxy groups -OCH3 is 1. The lowest BCUT2D eigenvalue weighted by molar-refractivity contribution is 0.0964. The van der Waals surface area contributed by atoms with Crippen molar-refractivity contribution >= 4 is 5.91 Å². The summed E-state index contributed by atoms with van der Waals surface area (Å²) < 4.78 is 5.09. The number of amides is 1. The van der Waals surface area contributed by atoms with E-state index >= 15 is 0 Å². The minimum absolute atomic E-state index is 0.187. The maximum Gasteiger partial charge on any atom is 0.274 e. The van der Waals surface area contributed by atoms with Crippen LogP contribution in [0, 0.1) is 0 Å². The fraction of sp³-hybridized carbons (Fsp3) is 0.200. The van der Waals surface area contributed by atoms with E-state index in [1.54, 1.807) is 19.5 Å². The number of hydrogen-bond donors (Lipinski definition) is 1. The molecule has 1 N–H and O–H groups in total. The molecule has 4 nitrogen and oxygen atoms in total. The molecule has 0 atom stereocenters. The molecule has 4 heteroatoms. The lowest BCUT2D eigenvalue weighted by atomic mass is 10.1. The quantitative estimate of drug-likeness (QED) is 0.714. The Balaban J connectivity index is 2.44. The monoisotopic (exact) mass is 190 g/mol. The molecule has 0 saturated carbocycles. The summed E-state index contributed by atoms with van der Waals surface area (Å²) in [5.74, 6) is 0.540. The van der Waals surface area contributed by atoms with Crippen molar-refractivity contribution in [2.45, 2.75) is 6.42 Å². The zero-order valence-corrected chi connectivity index (χ0v) is 7.78. The number of fused-ring (bicyclic) bond motifs is 1. The number of nitrogens with zero attached hydrogens (tertiary/aromatic N) is 1. The highest BCUT2D eigenvalue weighted by Crippen LogP contribution is 2.14. The Hall–Kier alpha value is -1.84. The largest absolute Gasteiger partial charge is 0.499 e. The predicted molar refractivity (Wildman–Crippen MR) is 50.5 cm³/mol. The topological polar surface area (TPSA) is 51.2 Å². The van der Waals surface area contributed by atoms with Crippen LogP contribution in [0.25, 0.3) is 0 Å². The molecule has 1 amide bonds. The summed E-state index contributed by atoms with van der Waals surface area (Å²) in [4.78, 5) is 15.5. The normalized spacial score (nSPS) is 14.9. The average molecular weight is 190 g/mol. The second-order valence-corrected chi connectivity index (χ2v) is 2.98. The number of nitrogens with one attached hydrogen (secondary N) is 1. The fourth-order valence-corrected chi connectivity index (χ4v) is 1.37.